The minimum Gasteiger partial charge on any atom is -0.390 e. The summed E-state index contributed by atoms with van der Waals surface area (Å²) in [6, 6.07) is 0.473. The van der Waals surface area contributed by atoms with Gasteiger partial charge in [-0.15, -0.1) is 0 Å². The molecule has 2 N–H and O–H groups in total. The van der Waals surface area contributed by atoms with Crippen LogP contribution < -0.4 is 5.32 Å². The lowest BCUT2D eigenvalue weighted by Crippen LogP contribution is -2.39. The minimum atomic E-state index is -0.271. The zero-order valence-corrected chi connectivity index (χ0v) is 12.2. The van der Waals surface area contributed by atoms with E-state index in [0.717, 1.165) is 18.2 Å². The molecule has 98 valence electrons. The molecule has 0 saturated heterocycles. The minimum absolute atomic E-state index is 0.271. The fraction of sp³-hybridized carbons (Fsp3) is 1.00. The van der Waals surface area contributed by atoms with Crippen molar-refractivity contribution in [2.75, 3.05) is 38.7 Å². The van der Waals surface area contributed by atoms with Gasteiger partial charge >= 0.3 is 0 Å². The first-order chi connectivity index (χ1) is 7.41. The van der Waals surface area contributed by atoms with E-state index in [2.05, 4.69) is 26.1 Å². The van der Waals surface area contributed by atoms with Crippen LogP contribution in [0, 0.1) is 5.92 Å². The van der Waals surface area contributed by atoms with Crippen LogP contribution in [-0.4, -0.2) is 60.8 Å². The molecule has 0 saturated carbocycles. The summed E-state index contributed by atoms with van der Waals surface area (Å²) in [7, 11) is 3.95. The Morgan fingerprint density at radius 3 is 2.31 bits per heavy atom. The molecule has 0 aromatic rings. The Bertz CT molecular complexity index is 165. The van der Waals surface area contributed by atoms with Crippen molar-refractivity contribution < 1.29 is 5.11 Å². The van der Waals surface area contributed by atoms with E-state index in [0.29, 0.717) is 12.6 Å². The summed E-state index contributed by atoms with van der Waals surface area (Å²) in [5, 5.41) is 13.0. The van der Waals surface area contributed by atoms with E-state index in [9.17, 15) is 5.11 Å². The fourth-order valence-electron chi connectivity index (χ4n) is 1.36. The Labute approximate surface area is 105 Å². The average Bonchev–Trinajstić information content (AvgIpc) is 2.13. The Kier molecular flexibility index (Phi) is 9.41. The van der Waals surface area contributed by atoms with Crippen molar-refractivity contribution in [3.8, 4) is 0 Å². The van der Waals surface area contributed by atoms with Gasteiger partial charge in [0.15, 0.2) is 0 Å². The summed E-state index contributed by atoms with van der Waals surface area (Å²) in [5.74, 6) is 3.09. The molecule has 0 amide bonds. The van der Waals surface area contributed by atoms with Crippen molar-refractivity contribution in [2.45, 2.75) is 32.9 Å². The largest absolute Gasteiger partial charge is 0.390 e. The van der Waals surface area contributed by atoms with Crippen molar-refractivity contribution in [2.24, 2.45) is 5.92 Å². The fourth-order valence-corrected chi connectivity index (χ4v) is 2.44. The van der Waals surface area contributed by atoms with Crippen LogP contribution in [0.5, 0.6) is 0 Å². The maximum atomic E-state index is 9.67. The maximum absolute atomic E-state index is 9.67. The van der Waals surface area contributed by atoms with Crippen LogP contribution in [0.3, 0.4) is 0 Å². The first kappa shape index (κ1) is 16.2. The van der Waals surface area contributed by atoms with E-state index in [-0.39, 0.29) is 6.10 Å². The van der Waals surface area contributed by atoms with Gasteiger partial charge < -0.3 is 15.3 Å². The first-order valence-corrected chi connectivity index (χ1v) is 7.21. The lowest BCUT2D eigenvalue weighted by atomic mass is 10.3. The van der Waals surface area contributed by atoms with E-state index in [4.69, 9.17) is 0 Å². The van der Waals surface area contributed by atoms with Gasteiger partial charge in [-0.2, -0.15) is 11.8 Å². The zero-order chi connectivity index (χ0) is 12.6. The normalized spacial score (nSPS) is 15.8. The standard InChI is InChI=1S/C12H28N2OS/c1-10(2)8-16-9-11(3)13-6-12(15)7-14(4)5/h10-13,15H,6-9H2,1-5H3. The van der Waals surface area contributed by atoms with Gasteiger partial charge in [-0.25, -0.2) is 0 Å². The highest BCUT2D eigenvalue weighted by atomic mass is 32.2. The first-order valence-electron chi connectivity index (χ1n) is 6.05. The predicted molar refractivity (Wildman–Crippen MR) is 74.2 cm³/mol. The number of rotatable bonds is 9. The molecule has 0 spiro atoms. The molecule has 0 fully saturated rings. The second-order valence-corrected chi connectivity index (χ2v) is 6.23. The van der Waals surface area contributed by atoms with Crippen molar-refractivity contribution in [3.05, 3.63) is 0 Å². The molecule has 0 aromatic carbocycles. The number of aliphatic hydroxyl groups excluding tert-OH is 1. The number of hydrogen-bond acceptors (Lipinski definition) is 4. The third kappa shape index (κ3) is 10.7. The predicted octanol–water partition coefficient (Wildman–Crippen LogP) is 1.28. The van der Waals surface area contributed by atoms with Crippen LogP contribution in [0.15, 0.2) is 0 Å². The summed E-state index contributed by atoms with van der Waals surface area (Å²) in [4.78, 5) is 2.00. The number of aliphatic hydroxyl groups is 1. The lowest BCUT2D eigenvalue weighted by Gasteiger charge is -2.19. The van der Waals surface area contributed by atoms with Gasteiger partial charge in [-0.1, -0.05) is 13.8 Å². The molecule has 16 heavy (non-hydrogen) atoms. The van der Waals surface area contributed by atoms with Crippen LogP contribution in [0.4, 0.5) is 0 Å². The van der Waals surface area contributed by atoms with Gasteiger partial charge in [0, 0.05) is 24.9 Å². The van der Waals surface area contributed by atoms with Crippen LogP contribution in [0.2, 0.25) is 0 Å². The van der Waals surface area contributed by atoms with E-state index in [1.807, 2.05) is 30.8 Å². The van der Waals surface area contributed by atoms with Gasteiger partial charge in [0.05, 0.1) is 6.10 Å². The molecule has 4 heteroatoms. The van der Waals surface area contributed by atoms with Gasteiger partial charge in [-0.3, -0.25) is 0 Å². The Hall–Kier alpha value is 0.230. The highest BCUT2D eigenvalue weighted by molar-refractivity contribution is 7.99. The molecule has 2 unspecified atom stereocenters. The summed E-state index contributed by atoms with van der Waals surface area (Å²) in [6.45, 7) is 8.06. The van der Waals surface area contributed by atoms with Crippen molar-refractivity contribution in [1.82, 2.24) is 10.2 Å². The van der Waals surface area contributed by atoms with Crippen molar-refractivity contribution >= 4 is 11.8 Å². The number of nitrogens with one attached hydrogen (secondary N) is 1. The summed E-state index contributed by atoms with van der Waals surface area (Å²) in [5.41, 5.74) is 0. The number of nitrogens with zero attached hydrogens (tertiary/aromatic N) is 1. The SMILES string of the molecule is CC(C)CSCC(C)NCC(O)CN(C)C. The Morgan fingerprint density at radius 1 is 1.19 bits per heavy atom. The smallest absolute Gasteiger partial charge is 0.0791 e. The number of thioether (sulfide) groups is 1. The molecule has 0 heterocycles. The molecule has 0 aliphatic carbocycles. The molecule has 0 rings (SSSR count). The quantitative estimate of drug-likeness (QED) is 0.644. The van der Waals surface area contributed by atoms with Crippen LogP contribution in [0.1, 0.15) is 20.8 Å². The summed E-state index contributed by atoms with van der Waals surface area (Å²) in [6.07, 6.45) is -0.271. The van der Waals surface area contributed by atoms with Crippen LogP contribution >= 0.6 is 11.8 Å². The van der Waals surface area contributed by atoms with Gasteiger partial charge in [-0.05, 0) is 32.7 Å². The summed E-state index contributed by atoms with van der Waals surface area (Å²) < 4.78 is 0. The second kappa shape index (κ2) is 9.28. The highest BCUT2D eigenvalue weighted by Crippen LogP contribution is 2.08. The lowest BCUT2D eigenvalue weighted by molar-refractivity contribution is 0.133. The van der Waals surface area contributed by atoms with E-state index >= 15 is 0 Å². The Balaban J connectivity index is 3.45. The van der Waals surface area contributed by atoms with E-state index < -0.39 is 0 Å². The molecular formula is C12H28N2OS. The molecular weight excluding hydrogens is 220 g/mol. The second-order valence-electron chi connectivity index (χ2n) is 5.16. The monoisotopic (exact) mass is 248 g/mol. The average molecular weight is 248 g/mol. The molecule has 0 radical (unpaired) electrons. The molecule has 0 bridgehead atoms. The van der Waals surface area contributed by atoms with Crippen LogP contribution in [0.25, 0.3) is 0 Å². The van der Waals surface area contributed by atoms with E-state index in [1.165, 1.54) is 5.75 Å². The van der Waals surface area contributed by atoms with Crippen molar-refractivity contribution in [3.63, 3.8) is 0 Å². The maximum Gasteiger partial charge on any atom is 0.0791 e. The van der Waals surface area contributed by atoms with Crippen molar-refractivity contribution in [1.29, 1.82) is 0 Å². The van der Waals surface area contributed by atoms with Gasteiger partial charge in [0.2, 0.25) is 0 Å². The highest BCUT2D eigenvalue weighted by Gasteiger charge is 2.08. The van der Waals surface area contributed by atoms with E-state index in [1.54, 1.807) is 0 Å². The van der Waals surface area contributed by atoms with Gasteiger partial charge in [0.25, 0.3) is 0 Å². The third-order valence-electron chi connectivity index (χ3n) is 2.10. The van der Waals surface area contributed by atoms with Gasteiger partial charge in [0.1, 0.15) is 0 Å². The van der Waals surface area contributed by atoms with Crippen LogP contribution in [-0.2, 0) is 0 Å². The molecule has 3 nitrogen and oxygen atoms in total. The third-order valence-corrected chi connectivity index (χ3v) is 3.73. The molecule has 0 aromatic heterocycles. The number of likely N-dealkylation sites (N-methyl/N-ethyl adjacent to an activating group) is 1. The molecule has 2 atom stereocenters. The summed E-state index contributed by atoms with van der Waals surface area (Å²) >= 11 is 1.98. The molecule has 0 aliphatic rings. The number of hydrogen-bond donors (Lipinski definition) is 2. The topological polar surface area (TPSA) is 35.5 Å². The molecule has 0 aliphatic heterocycles. The zero-order valence-electron chi connectivity index (χ0n) is 11.4. The Morgan fingerprint density at radius 2 is 1.81 bits per heavy atom.